The molecule has 0 spiro atoms. The van der Waals surface area contributed by atoms with Crippen molar-refractivity contribution >= 4 is 52.2 Å². The van der Waals surface area contributed by atoms with Crippen LogP contribution in [0.3, 0.4) is 0 Å². The van der Waals surface area contributed by atoms with Crippen molar-refractivity contribution in [2.45, 2.75) is 117 Å². The molecule has 0 saturated carbocycles. The highest BCUT2D eigenvalue weighted by Gasteiger charge is 2.27. The van der Waals surface area contributed by atoms with Gasteiger partial charge in [-0.25, -0.2) is 0 Å². The zero-order chi connectivity index (χ0) is 99.8. The largest absolute Gasteiger partial charge is 0.507 e. The van der Waals surface area contributed by atoms with E-state index in [9.17, 15) is 48.3 Å². The third kappa shape index (κ3) is 40.5. The highest BCUT2D eigenvalue weighted by molar-refractivity contribution is 6.01. The summed E-state index contributed by atoms with van der Waals surface area (Å²) >= 11 is 0. The van der Waals surface area contributed by atoms with Gasteiger partial charge in [-0.1, -0.05) is 539 Å². The van der Waals surface area contributed by atoms with Crippen LogP contribution in [0.15, 0.2) is 497 Å². The molecule has 0 fully saturated rings. The number of hydrogen-bond acceptors (Lipinski definition) is 10. The van der Waals surface area contributed by atoms with E-state index in [4.69, 9.17) is 5.11 Å². The number of carboxylic acid groups (broad SMARTS) is 1. The van der Waals surface area contributed by atoms with Crippen molar-refractivity contribution in [3.05, 3.63) is 603 Å². The topological polar surface area (TPSA) is 194 Å². The van der Waals surface area contributed by atoms with Gasteiger partial charge in [0.1, 0.15) is 5.75 Å². The minimum absolute atomic E-state index is 0.109. The summed E-state index contributed by atoms with van der Waals surface area (Å²) in [5, 5.41) is 19.4. The Labute approximate surface area is 825 Å². The van der Waals surface area contributed by atoms with Crippen molar-refractivity contribution in [2.75, 3.05) is 0 Å². The molecule has 0 aliphatic heterocycles. The van der Waals surface area contributed by atoms with E-state index in [-0.39, 0.29) is 63.5 Å². The number of aromatic hydroxyl groups is 1. The molecule has 17 aromatic rings. The third-order valence-corrected chi connectivity index (χ3v) is 21.8. The van der Waals surface area contributed by atoms with Gasteiger partial charge >= 0.3 is 5.97 Å². The number of benzene rings is 17. The second-order valence-electron chi connectivity index (χ2n) is 35.0. The van der Waals surface area contributed by atoms with Crippen LogP contribution in [-0.2, 0) is 73.4 Å². The first-order valence-electron chi connectivity index (χ1n) is 46.9. The SMILES string of the molecule is CC(C)(C)c1cc(CCC(=O)O)cc(C(C)(C)C)c1O.O=C(Cc1ccccc1)c1ccccc1.O=C(Cc1ccccc1)c1ccccc1.O=C(Cc1ccccc1)c1ccccc1.O=C(Cc1ccccc1)c1ccccc1.O=C(Cc1ccccc1)c1ccccc1.O=C(Cc1ccccc1)c1ccccc1.O=C(Cc1ccccc1)c1ccccc1.O=C(Cc1ccccc1)c1ccccc1. The van der Waals surface area contributed by atoms with Gasteiger partial charge in [-0.3, -0.25) is 43.2 Å². The van der Waals surface area contributed by atoms with Crippen LogP contribution in [0, 0.1) is 0 Å². The van der Waals surface area contributed by atoms with Gasteiger partial charge in [0.25, 0.3) is 0 Å². The molecule has 140 heavy (non-hydrogen) atoms. The first-order chi connectivity index (χ1) is 67.8. The minimum atomic E-state index is -0.798. The maximum absolute atomic E-state index is 11.8. The van der Waals surface area contributed by atoms with Crippen LogP contribution in [-0.4, -0.2) is 62.4 Å². The number of aryl methyl sites for hydroxylation is 1. The Morgan fingerprint density at radius 1 is 0.179 bits per heavy atom. The Hall–Kier alpha value is -16.6. The van der Waals surface area contributed by atoms with Crippen LogP contribution in [0.2, 0.25) is 0 Å². The van der Waals surface area contributed by atoms with Crippen LogP contribution in [0.25, 0.3) is 0 Å². The lowest BCUT2D eigenvalue weighted by Gasteiger charge is -2.28. The Balaban J connectivity index is 0.000000176. The summed E-state index contributed by atoms with van der Waals surface area (Å²) < 4.78 is 0. The average Bonchev–Trinajstić information content (AvgIpc) is 0.780. The highest BCUT2D eigenvalue weighted by atomic mass is 16.4. The number of phenols is 1. The number of ketones is 8. The molecule has 0 aromatic heterocycles. The molecular formula is C129H122O11. The lowest BCUT2D eigenvalue weighted by molar-refractivity contribution is -0.137. The summed E-state index contributed by atoms with van der Waals surface area (Å²) in [6, 6.07) is 157. The van der Waals surface area contributed by atoms with Crippen molar-refractivity contribution in [1.82, 2.24) is 0 Å². The summed E-state index contributed by atoms with van der Waals surface area (Å²) in [7, 11) is 0. The molecule has 0 unspecified atom stereocenters. The fourth-order valence-corrected chi connectivity index (χ4v) is 14.3. The van der Waals surface area contributed by atoms with Crippen LogP contribution in [0.1, 0.15) is 192 Å². The van der Waals surface area contributed by atoms with E-state index in [2.05, 4.69) is 41.5 Å². The number of Topliss-reactive ketones (excluding diaryl/α,β-unsaturated/α-hetero) is 8. The second kappa shape index (κ2) is 59.3. The van der Waals surface area contributed by atoms with E-state index in [1.807, 2.05) is 497 Å². The van der Waals surface area contributed by atoms with Crippen LogP contribution in [0.4, 0.5) is 0 Å². The summed E-state index contributed by atoms with van der Waals surface area (Å²) in [6.07, 6.45) is 4.41. The second-order valence-corrected chi connectivity index (χ2v) is 35.0. The number of carboxylic acids is 1. The fourth-order valence-electron chi connectivity index (χ4n) is 14.3. The third-order valence-electron chi connectivity index (χ3n) is 21.8. The quantitative estimate of drug-likeness (QED) is 0.0465. The van der Waals surface area contributed by atoms with Crippen LogP contribution in [0.5, 0.6) is 5.75 Å². The first kappa shape index (κ1) is 107. The van der Waals surface area contributed by atoms with Crippen molar-refractivity contribution < 1.29 is 53.4 Å². The van der Waals surface area contributed by atoms with Crippen molar-refractivity contribution in [1.29, 1.82) is 0 Å². The molecule has 0 aliphatic carbocycles. The van der Waals surface area contributed by atoms with Gasteiger partial charge in [0, 0.05) is 102 Å². The number of aliphatic carboxylic acids is 1. The van der Waals surface area contributed by atoms with Gasteiger partial charge < -0.3 is 10.2 Å². The zero-order valence-corrected chi connectivity index (χ0v) is 80.5. The first-order valence-corrected chi connectivity index (χ1v) is 46.9. The molecule has 11 heteroatoms. The molecule has 0 saturated heterocycles. The molecule has 0 heterocycles. The molecule has 0 aliphatic rings. The number of rotatable bonds is 27. The normalized spacial score (nSPS) is 10.2. The molecule has 0 radical (unpaired) electrons. The van der Waals surface area contributed by atoms with Gasteiger partial charge in [-0.15, -0.1) is 0 Å². The molecule has 704 valence electrons. The van der Waals surface area contributed by atoms with E-state index < -0.39 is 5.97 Å². The van der Waals surface area contributed by atoms with Gasteiger partial charge in [-0.05, 0) is 78.4 Å². The lowest BCUT2D eigenvalue weighted by Crippen LogP contribution is -2.18. The standard InChI is InChI=1S/C17H26O3.8C14H12O/c1-16(2,3)12-9-11(7-8-14(18)19)10-13(15(12)20)17(4,5)6;8*15-14(13-9-5-2-6-10-13)11-12-7-3-1-4-8-12/h9-10,20H,7-8H2,1-6H3,(H,18,19);8*1-10H,11H2. The van der Waals surface area contributed by atoms with E-state index in [1.165, 1.54) is 0 Å². The summed E-state index contributed by atoms with van der Waals surface area (Å²) in [5.41, 5.74) is 17.1. The Kier molecular flexibility index (Phi) is 45.3. The maximum atomic E-state index is 11.8. The van der Waals surface area contributed by atoms with Gasteiger partial charge in [0.05, 0.1) is 0 Å². The number of phenolic OH excluding ortho intramolecular Hbond substituents is 1. The molecule has 0 bridgehead atoms. The molecule has 0 atom stereocenters. The van der Waals surface area contributed by atoms with Crippen molar-refractivity contribution in [3.8, 4) is 5.75 Å². The van der Waals surface area contributed by atoms with Crippen LogP contribution >= 0.6 is 0 Å². The monoisotopic (exact) mass is 1850 g/mol. The summed E-state index contributed by atoms with van der Waals surface area (Å²) in [5.74, 6) is 0.885. The van der Waals surface area contributed by atoms with Crippen molar-refractivity contribution in [2.24, 2.45) is 0 Å². The Morgan fingerprint density at radius 3 is 0.400 bits per heavy atom. The van der Waals surface area contributed by atoms with Gasteiger partial charge in [0.15, 0.2) is 46.3 Å². The predicted molar refractivity (Wildman–Crippen MR) is 569 cm³/mol. The van der Waals surface area contributed by atoms with E-state index >= 15 is 0 Å². The lowest BCUT2D eigenvalue weighted by atomic mass is 9.78. The maximum Gasteiger partial charge on any atom is 0.303 e. The van der Waals surface area contributed by atoms with Crippen molar-refractivity contribution in [3.63, 3.8) is 0 Å². The number of hydrogen-bond donors (Lipinski definition) is 2. The van der Waals surface area contributed by atoms with E-state index in [0.29, 0.717) is 63.5 Å². The molecular weight excluding hydrogens is 1730 g/mol. The minimum Gasteiger partial charge on any atom is -0.507 e. The highest BCUT2D eigenvalue weighted by Crippen LogP contribution is 2.40. The van der Waals surface area contributed by atoms with Crippen LogP contribution < -0.4 is 0 Å². The molecule has 17 aromatic carbocycles. The Bertz CT molecular complexity index is 5410. The summed E-state index contributed by atoms with van der Waals surface area (Å²) in [6.45, 7) is 12.3. The predicted octanol–water partition coefficient (Wildman–Crippen LogP) is 28.9. The smallest absolute Gasteiger partial charge is 0.303 e. The number of carbonyl (C=O) groups is 9. The zero-order valence-electron chi connectivity index (χ0n) is 80.5. The molecule has 2 N–H and O–H groups in total. The van der Waals surface area contributed by atoms with Gasteiger partial charge in [-0.2, -0.15) is 0 Å². The summed E-state index contributed by atoms with van der Waals surface area (Å²) in [4.78, 5) is 105. The Morgan fingerprint density at radius 2 is 0.293 bits per heavy atom. The van der Waals surface area contributed by atoms with E-state index in [1.54, 1.807) is 0 Å². The van der Waals surface area contributed by atoms with E-state index in [0.717, 1.165) is 106 Å². The average molecular weight is 1850 g/mol. The molecule has 17 rings (SSSR count). The fraction of sp³-hybridized carbons (Fsp3) is 0.140. The number of carbonyl (C=O) groups excluding carboxylic acids is 8. The van der Waals surface area contributed by atoms with Gasteiger partial charge in [0.2, 0.25) is 0 Å². The molecule has 11 nitrogen and oxygen atoms in total. The molecule has 0 amide bonds.